The summed E-state index contributed by atoms with van der Waals surface area (Å²) in [4.78, 5) is 19.5. The van der Waals surface area contributed by atoms with Gasteiger partial charge in [-0.05, 0) is 33.0 Å². The van der Waals surface area contributed by atoms with E-state index < -0.39 is 0 Å². The molecule has 144 valence electrons. The van der Waals surface area contributed by atoms with Gasteiger partial charge in [0.15, 0.2) is 0 Å². The summed E-state index contributed by atoms with van der Waals surface area (Å²) in [6.07, 6.45) is 1.73. The molecule has 2 aliphatic heterocycles. The van der Waals surface area contributed by atoms with Gasteiger partial charge in [0.1, 0.15) is 0 Å². The predicted octanol–water partition coefficient (Wildman–Crippen LogP) is 1.65. The Morgan fingerprint density at radius 2 is 1.96 bits per heavy atom. The third-order valence-electron chi connectivity index (χ3n) is 5.62. The van der Waals surface area contributed by atoms with Crippen molar-refractivity contribution in [2.75, 3.05) is 60.0 Å². The van der Waals surface area contributed by atoms with Gasteiger partial charge in [0, 0.05) is 45.2 Å². The first-order chi connectivity index (χ1) is 12.5. The van der Waals surface area contributed by atoms with Crippen molar-refractivity contribution >= 4 is 5.91 Å². The fourth-order valence-electron chi connectivity index (χ4n) is 3.88. The second-order valence-electron chi connectivity index (χ2n) is 8.06. The zero-order chi connectivity index (χ0) is 18.5. The molecule has 1 aromatic carbocycles. The first-order valence-electron chi connectivity index (χ1n) is 9.83. The summed E-state index contributed by atoms with van der Waals surface area (Å²) in [5.41, 5.74) is 2.33. The highest BCUT2D eigenvalue weighted by Crippen LogP contribution is 2.24. The van der Waals surface area contributed by atoms with Crippen LogP contribution in [-0.4, -0.2) is 86.7 Å². The predicted molar refractivity (Wildman–Crippen MR) is 104 cm³/mol. The normalized spacial score (nSPS) is 24.4. The molecule has 1 amide bonds. The average molecular weight is 360 g/mol. The molecular formula is C21H33N3O2. The molecule has 0 bridgehead atoms. The molecule has 26 heavy (non-hydrogen) atoms. The van der Waals surface area contributed by atoms with E-state index in [0.717, 1.165) is 57.9 Å². The van der Waals surface area contributed by atoms with Crippen molar-refractivity contribution in [3.05, 3.63) is 35.4 Å². The Morgan fingerprint density at radius 1 is 1.19 bits per heavy atom. The molecule has 0 aliphatic carbocycles. The van der Waals surface area contributed by atoms with Gasteiger partial charge < -0.3 is 14.5 Å². The number of likely N-dealkylation sites (tertiary alicyclic amines) is 1. The molecular weight excluding hydrogens is 326 g/mol. The molecule has 1 aromatic rings. The van der Waals surface area contributed by atoms with Crippen LogP contribution in [0.25, 0.3) is 0 Å². The number of hydrogen-bond donors (Lipinski definition) is 0. The van der Waals surface area contributed by atoms with Gasteiger partial charge in [-0.25, -0.2) is 0 Å². The summed E-state index contributed by atoms with van der Waals surface area (Å²) in [7, 11) is 4.24. The van der Waals surface area contributed by atoms with Crippen LogP contribution in [0.3, 0.4) is 0 Å². The molecule has 0 saturated carbocycles. The number of carbonyl (C=O) groups is 1. The maximum Gasteiger partial charge on any atom is 0.227 e. The smallest absolute Gasteiger partial charge is 0.227 e. The summed E-state index contributed by atoms with van der Waals surface area (Å²) < 4.78 is 6.14. The van der Waals surface area contributed by atoms with E-state index in [9.17, 15) is 4.79 Å². The van der Waals surface area contributed by atoms with Crippen molar-refractivity contribution in [3.63, 3.8) is 0 Å². The number of likely N-dealkylation sites (N-methyl/N-ethyl adjacent to an activating group) is 1. The number of carbonyl (C=O) groups excluding carboxylic acids is 1. The van der Waals surface area contributed by atoms with Crippen LogP contribution in [0.15, 0.2) is 24.3 Å². The zero-order valence-corrected chi connectivity index (χ0v) is 16.5. The van der Waals surface area contributed by atoms with Gasteiger partial charge in [0.05, 0.1) is 19.1 Å². The Balaban J connectivity index is 1.52. The third kappa shape index (κ3) is 5.29. The molecule has 5 nitrogen and oxygen atoms in total. The quantitative estimate of drug-likeness (QED) is 0.801. The standard InChI is InChI=1S/C21H33N3O2/c1-17-4-6-18(7-5-17)14-21(25)24-9-8-19-15-23(11-10-22(2)3)12-13-26-20(19)16-24/h4-7,19-20H,8-16H2,1-3H3/t19-,20-/m1/s1. The first kappa shape index (κ1) is 19.3. The SMILES string of the molecule is Cc1ccc(CC(=O)N2CC[C@@H]3CN(CCN(C)C)CCO[C@@H]3C2)cc1. The highest BCUT2D eigenvalue weighted by molar-refractivity contribution is 5.79. The number of rotatable bonds is 5. The summed E-state index contributed by atoms with van der Waals surface area (Å²) in [5, 5.41) is 0. The highest BCUT2D eigenvalue weighted by atomic mass is 16.5. The number of ether oxygens (including phenoxy) is 1. The lowest BCUT2D eigenvalue weighted by Crippen LogP contribution is -2.49. The fraction of sp³-hybridized carbons (Fsp3) is 0.667. The van der Waals surface area contributed by atoms with Crippen LogP contribution in [0.5, 0.6) is 0 Å². The molecule has 5 heteroatoms. The number of aryl methyl sites for hydroxylation is 1. The molecule has 2 atom stereocenters. The van der Waals surface area contributed by atoms with Crippen molar-refractivity contribution in [2.24, 2.45) is 5.92 Å². The van der Waals surface area contributed by atoms with Crippen LogP contribution in [0.2, 0.25) is 0 Å². The van der Waals surface area contributed by atoms with Gasteiger partial charge in [-0.1, -0.05) is 29.8 Å². The minimum atomic E-state index is 0.190. The number of fused-ring (bicyclic) bond motifs is 1. The lowest BCUT2D eigenvalue weighted by Gasteiger charge is -2.38. The lowest BCUT2D eigenvalue weighted by molar-refractivity contribution is -0.136. The van der Waals surface area contributed by atoms with E-state index in [2.05, 4.69) is 55.1 Å². The van der Waals surface area contributed by atoms with Crippen LogP contribution in [0.1, 0.15) is 17.5 Å². The molecule has 0 unspecified atom stereocenters. The summed E-state index contributed by atoms with van der Waals surface area (Å²) in [6.45, 7) is 8.72. The fourth-order valence-corrected chi connectivity index (χ4v) is 3.88. The summed E-state index contributed by atoms with van der Waals surface area (Å²) in [5.74, 6) is 0.771. The van der Waals surface area contributed by atoms with E-state index in [0.29, 0.717) is 12.3 Å². The first-order valence-corrected chi connectivity index (χ1v) is 9.83. The van der Waals surface area contributed by atoms with Gasteiger partial charge in [0.2, 0.25) is 5.91 Å². The third-order valence-corrected chi connectivity index (χ3v) is 5.62. The van der Waals surface area contributed by atoms with E-state index in [1.807, 2.05) is 4.90 Å². The van der Waals surface area contributed by atoms with Crippen molar-refractivity contribution in [1.82, 2.24) is 14.7 Å². The van der Waals surface area contributed by atoms with Crippen LogP contribution in [0, 0.1) is 12.8 Å². The van der Waals surface area contributed by atoms with Crippen molar-refractivity contribution in [3.8, 4) is 0 Å². The number of benzene rings is 1. The van der Waals surface area contributed by atoms with E-state index in [4.69, 9.17) is 4.74 Å². The maximum absolute atomic E-state index is 12.7. The molecule has 3 rings (SSSR count). The van der Waals surface area contributed by atoms with Gasteiger partial charge in [-0.3, -0.25) is 9.69 Å². The zero-order valence-electron chi connectivity index (χ0n) is 16.5. The molecule has 0 aromatic heterocycles. The van der Waals surface area contributed by atoms with Gasteiger partial charge >= 0.3 is 0 Å². The Kier molecular flexibility index (Phi) is 6.68. The Bertz CT molecular complexity index is 587. The lowest BCUT2D eigenvalue weighted by atomic mass is 9.93. The van der Waals surface area contributed by atoms with E-state index >= 15 is 0 Å². The van der Waals surface area contributed by atoms with E-state index in [1.54, 1.807) is 0 Å². The van der Waals surface area contributed by atoms with Crippen LogP contribution in [0.4, 0.5) is 0 Å². The number of hydrogen-bond acceptors (Lipinski definition) is 4. The number of nitrogens with zero attached hydrogens (tertiary/aromatic N) is 3. The number of piperidine rings is 1. The Morgan fingerprint density at radius 3 is 2.69 bits per heavy atom. The molecule has 0 spiro atoms. The minimum absolute atomic E-state index is 0.190. The van der Waals surface area contributed by atoms with Gasteiger partial charge in [-0.15, -0.1) is 0 Å². The highest BCUT2D eigenvalue weighted by Gasteiger charge is 2.34. The Labute approximate surface area is 157 Å². The maximum atomic E-state index is 12.7. The van der Waals surface area contributed by atoms with Gasteiger partial charge in [-0.2, -0.15) is 0 Å². The van der Waals surface area contributed by atoms with Gasteiger partial charge in [0.25, 0.3) is 0 Å². The second-order valence-corrected chi connectivity index (χ2v) is 8.06. The van der Waals surface area contributed by atoms with Crippen molar-refractivity contribution in [1.29, 1.82) is 0 Å². The minimum Gasteiger partial charge on any atom is -0.375 e. The van der Waals surface area contributed by atoms with Crippen molar-refractivity contribution in [2.45, 2.75) is 25.9 Å². The monoisotopic (exact) mass is 359 g/mol. The van der Waals surface area contributed by atoms with Crippen LogP contribution in [-0.2, 0) is 16.0 Å². The number of amides is 1. The second kappa shape index (κ2) is 8.98. The molecule has 2 saturated heterocycles. The molecule has 2 aliphatic rings. The van der Waals surface area contributed by atoms with E-state index in [-0.39, 0.29) is 12.0 Å². The summed E-state index contributed by atoms with van der Waals surface area (Å²) in [6, 6.07) is 8.27. The molecule has 2 fully saturated rings. The molecule has 0 radical (unpaired) electrons. The topological polar surface area (TPSA) is 36.0 Å². The van der Waals surface area contributed by atoms with E-state index in [1.165, 1.54) is 5.56 Å². The molecule has 0 N–H and O–H groups in total. The van der Waals surface area contributed by atoms with Crippen molar-refractivity contribution < 1.29 is 9.53 Å². The largest absolute Gasteiger partial charge is 0.375 e. The summed E-state index contributed by atoms with van der Waals surface area (Å²) >= 11 is 0. The average Bonchev–Trinajstić information content (AvgIpc) is 2.83. The van der Waals surface area contributed by atoms with Crippen LogP contribution < -0.4 is 0 Å². The molecule has 2 heterocycles. The van der Waals surface area contributed by atoms with Crippen LogP contribution >= 0.6 is 0 Å². The Hall–Kier alpha value is -1.43.